The third-order valence-corrected chi connectivity index (χ3v) is 6.26. The summed E-state index contributed by atoms with van der Waals surface area (Å²) >= 11 is 1.52. The summed E-state index contributed by atoms with van der Waals surface area (Å²) in [4.78, 5) is 13.4. The van der Waals surface area contributed by atoms with E-state index in [0.29, 0.717) is 0 Å². The van der Waals surface area contributed by atoms with Crippen molar-refractivity contribution in [1.82, 2.24) is 3.96 Å². The van der Waals surface area contributed by atoms with Gasteiger partial charge in [-0.3, -0.25) is 8.75 Å². The van der Waals surface area contributed by atoms with Gasteiger partial charge < -0.3 is 4.74 Å². The molecule has 0 unspecified atom stereocenters. The largest absolute Gasteiger partial charge is 0.497 e. The summed E-state index contributed by atoms with van der Waals surface area (Å²) in [5.74, 6) is 0.853. The quantitative estimate of drug-likeness (QED) is 0.263. The lowest BCUT2D eigenvalue weighted by molar-refractivity contribution is -0.643. The number of aromatic nitrogens is 2. The molecule has 0 spiro atoms. The van der Waals surface area contributed by atoms with Crippen LogP contribution < -0.4 is 14.9 Å². The van der Waals surface area contributed by atoms with Gasteiger partial charge in [0.05, 0.1) is 28.3 Å². The average Bonchev–Trinajstić information content (AvgIpc) is 3.18. The highest BCUT2D eigenvalue weighted by atomic mass is 32.1. The smallest absolute Gasteiger partial charge is 0.261 e. The lowest BCUT2D eigenvalue weighted by atomic mass is 10.0. The molecule has 2 aromatic carbocycles. The van der Waals surface area contributed by atoms with Crippen molar-refractivity contribution in [3.8, 4) is 16.2 Å². The number of benzene rings is 2. The molecule has 0 radical (unpaired) electrons. The zero-order chi connectivity index (χ0) is 23.3. The predicted molar refractivity (Wildman–Crippen MR) is 134 cm³/mol. The van der Waals surface area contributed by atoms with Crippen molar-refractivity contribution in [1.29, 1.82) is 0 Å². The minimum Gasteiger partial charge on any atom is -0.497 e. The molecule has 2 aromatic heterocycles. The number of nitrogens with zero attached hydrogens (tertiary/aromatic N) is 2. The maximum absolute atomic E-state index is 12.4. The topological polar surface area (TPSA) is 35.1 Å². The lowest BCUT2D eigenvalue weighted by Crippen LogP contribution is -2.28. The number of hydrogen-bond acceptors (Lipinski definition) is 3. The summed E-state index contributed by atoms with van der Waals surface area (Å²) in [5, 5.41) is 3.51. The van der Waals surface area contributed by atoms with Gasteiger partial charge in [-0.2, -0.15) is 0 Å². The molecule has 4 rings (SSSR count). The molecule has 31 heavy (non-hydrogen) atoms. The Labute approximate surface area is 189 Å². The minimum atomic E-state index is -0.212. The number of aryl methyl sites for hydroxylation is 1. The summed E-state index contributed by atoms with van der Waals surface area (Å²) in [6.07, 6.45) is 2.12. The molecule has 166 valence electrons. The molecule has 0 saturated carbocycles. The molecule has 0 saturated heterocycles. The van der Waals surface area contributed by atoms with Crippen LogP contribution in [0.4, 0.5) is 0 Å². The van der Waals surface area contributed by atoms with Gasteiger partial charge in [-0.15, -0.1) is 0 Å². The summed E-state index contributed by atoms with van der Waals surface area (Å²) < 4.78 is 9.31. The van der Waals surface area contributed by atoms with E-state index in [-0.39, 0.29) is 11.1 Å². The second-order valence-electron chi connectivity index (χ2n) is 7.83. The first kappa shape index (κ1) is 24.6. The fourth-order valence-electron chi connectivity index (χ4n) is 3.45. The van der Waals surface area contributed by atoms with Crippen LogP contribution in [0.15, 0.2) is 53.5 Å². The van der Waals surface area contributed by atoms with E-state index < -0.39 is 0 Å². The van der Waals surface area contributed by atoms with Crippen LogP contribution in [0.2, 0.25) is 0 Å². The summed E-state index contributed by atoms with van der Waals surface area (Å²) in [5.41, 5.74) is 2.04. The highest BCUT2D eigenvalue weighted by Crippen LogP contribution is 2.31. The first-order valence-electron chi connectivity index (χ1n) is 10.9. The summed E-state index contributed by atoms with van der Waals surface area (Å²) in [7, 11) is 3.73. The van der Waals surface area contributed by atoms with E-state index in [1.54, 1.807) is 13.2 Å². The third kappa shape index (κ3) is 4.99. The van der Waals surface area contributed by atoms with E-state index >= 15 is 0 Å². The molecule has 0 bridgehead atoms. The van der Waals surface area contributed by atoms with Crippen LogP contribution in [-0.4, -0.2) is 11.1 Å². The van der Waals surface area contributed by atoms with Crippen LogP contribution in [0, 0.1) is 0 Å². The van der Waals surface area contributed by atoms with Crippen LogP contribution in [0.5, 0.6) is 5.75 Å². The van der Waals surface area contributed by atoms with Crippen molar-refractivity contribution >= 4 is 33.2 Å². The van der Waals surface area contributed by atoms with Crippen LogP contribution in [-0.2, 0) is 12.6 Å². The molecule has 0 aliphatic carbocycles. The van der Waals surface area contributed by atoms with E-state index in [0.717, 1.165) is 27.1 Å². The molecule has 0 atom stereocenters. The Bertz CT molecular complexity index is 1230. The van der Waals surface area contributed by atoms with Crippen molar-refractivity contribution in [2.75, 3.05) is 7.11 Å². The molecule has 4 nitrogen and oxygen atoms in total. The van der Waals surface area contributed by atoms with Crippen molar-refractivity contribution in [2.45, 2.75) is 54.0 Å². The first-order chi connectivity index (χ1) is 14.8. The van der Waals surface area contributed by atoms with Crippen molar-refractivity contribution in [3.05, 3.63) is 59.0 Å². The molecular weight excluding hydrogens is 404 g/mol. The maximum atomic E-state index is 12.4. The van der Waals surface area contributed by atoms with E-state index in [1.165, 1.54) is 22.3 Å². The van der Waals surface area contributed by atoms with Crippen LogP contribution >= 0.6 is 11.5 Å². The molecule has 0 aliphatic heterocycles. The Kier molecular flexibility index (Phi) is 8.02. The lowest BCUT2D eigenvalue weighted by Gasteiger charge is -2.18. The van der Waals surface area contributed by atoms with Crippen molar-refractivity contribution in [2.24, 2.45) is 7.05 Å². The van der Waals surface area contributed by atoms with E-state index in [2.05, 4.69) is 61.9 Å². The Hall–Kier alpha value is -2.66. The molecule has 4 aromatic rings. The van der Waals surface area contributed by atoms with Gasteiger partial charge >= 0.3 is 0 Å². The Morgan fingerprint density at radius 3 is 2.16 bits per heavy atom. The number of pyridine rings is 1. The SMILES string of the molecule is CC.CC.COc1ccc2c(c1)c[n+](C)c1cc(-c3cc(=O)n(C(C)(C)C)s3)ccc21. The Morgan fingerprint density at radius 2 is 1.58 bits per heavy atom. The highest BCUT2D eigenvalue weighted by molar-refractivity contribution is 7.10. The van der Waals surface area contributed by atoms with E-state index in [1.807, 2.05) is 44.8 Å². The number of fused-ring (bicyclic) bond motifs is 3. The monoisotopic (exact) mass is 439 g/mol. The van der Waals surface area contributed by atoms with E-state index in [4.69, 9.17) is 4.74 Å². The molecular formula is C26H35N2O2S+. The fraction of sp³-hybridized carbons (Fsp3) is 0.385. The molecule has 2 heterocycles. The van der Waals surface area contributed by atoms with Crippen molar-refractivity contribution in [3.63, 3.8) is 0 Å². The Balaban J connectivity index is 0.000000807. The molecule has 0 amide bonds. The standard InChI is InChI=1S/C22H23N2O2S.2C2H6/c1-22(2,3)24-21(25)12-20(27-24)14-6-8-18-17-9-7-16(26-5)10-15(17)13-23(4)19(18)11-14;2*1-2/h6-13H,1-5H3;2*1-2H3/q+1;;. The van der Waals surface area contributed by atoms with Crippen LogP contribution in [0.25, 0.3) is 32.1 Å². The molecule has 0 N–H and O–H groups in total. The van der Waals surface area contributed by atoms with Gasteiger partial charge in [0, 0.05) is 17.5 Å². The highest BCUT2D eigenvalue weighted by Gasteiger charge is 2.19. The number of ether oxygens (including phenoxy) is 1. The van der Waals surface area contributed by atoms with Crippen LogP contribution in [0.3, 0.4) is 0 Å². The predicted octanol–water partition coefficient (Wildman–Crippen LogP) is 6.52. The first-order valence-corrected chi connectivity index (χ1v) is 11.7. The number of methoxy groups -OCH3 is 1. The van der Waals surface area contributed by atoms with Gasteiger partial charge in [0.1, 0.15) is 12.8 Å². The second kappa shape index (κ2) is 10.1. The Morgan fingerprint density at radius 1 is 0.935 bits per heavy atom. The zero-order valence-electron chi connectivity index (χ0n) is 20.2. The summed E-state index contributed by atoms with van der Waals surface area (Å²) in [6, 6.07) is 14.3. The normalized spacial score (nSPS) is 10.9. The van der Waals surface area contributed by atoms with Gasteiger partial charge in [0.2, 0.25) is 5.52 Å². The molecule has 0 aliphatic rings. The second-order valence-corrected chi connectivity index (χ2v) is 8.82. The van der Waals surface area contributed by atoms with Crippen LogP contribution in [0.1, 0.15) is 48.5 Å². The zero-order valence-corrected chi connectivity index (χ0v) is 21.1. The molecule has 5 heteroatoms. The van der Waals surface area contributed by atoms with Crippen molar-refractivity contribution < 1.29 is 9.30 Å². The van der Waals surface area contributed by atoms with Gasteiger partial charge in [-0.05, 0) is 50.6 Å². The number of hydrogen-bond donors (Lipinski definition) is 0. The van der Waals surface area contributed by atoms with Gasteiger partial charge in [0.25, 0.3) is 5.56 Å². The minimum absolute atomic E-state index is 0.0533. The van der Waals surface area contributed by atoms with E-state index in [9.17, 15) is 4.79 Å². The summed E-state index contributed by atoms with van der Waals surface area (Å²) in [6.45, 7) is 14.2. The fourth-order valence-corrected chi connectivity index (χ4v) is 4.45. The maximum Gasteiger partial charge on any atom is 0.261 e. The third-order valence-electron chi connectivity index (χ3n) is 4.80. The average molecular weight is 440 g/mol. The molecule has 0 fully saturated rings. The van der Waals surface area contributed by atoms with Gasteiger partial charge in [-0.25, -0.2) is 4.57 Å². The van der Waals surface area contributed by atoms with Gasteiger partial charge in [-0.1, -0.05) is 45.3 Å². The van der Waals surface area contributed by atoms with Gasteiger partial charge in [0.15, 0.2) is 6.20 Å². The number of rotatable bonds is 2.